The molecule has 1 amide bonds. The fourth-order valence-electron chi connectivity index (χ4n) is 10.2. The maximum atomic E-state index is 12.5. The molecule has 0 aromatic carbocycles. The van der Waals surface area contributed by atoms with Crippen molar-refractivity contribution in [1.82, 2.24) is 5.32 Å². The van der Waals surface area contributed by atoms with E-state index in [4.69, 9.17) is 0 Å². The SMILES string of the molecule is CC/C=C\C/C=C\C/C=C\C/C=C\C/C=C\CCCCCCCCCCCCCCCCCCCCCCCCCC(=O)NC(CO)C(O)/C=C/CCCCCCCCCCCCCCCCCCCCCCC. The Morgan fingerprint density at radius 3 is 0.892 bits per heavy atom. The van der Waals surface area contributed by atoms with E-state index in [2.05, 4.69) is 79.9 Å². The normalized spacial score (nSPS) is 13.2. The highest BCUT2D eigenvalue weighted by Gasteiger charge is 2.18. The Labute approximate surface area is 463 Å². The first-order chi connectivity index (χ1) is 36.7. The fourth-order valence-corrected chi connectivity index (χ4v) is 10.2. The van der Waals surface area contributed by atoms with Crippen molar-refractivity contribution in [3.63, 3.8) is 0 Å². The van der Waals surface area contributed by atoms with Gasteiger partial charge in [-0.2, -0.15) is 0 Å². The molecule has 0 radical (unpaired) electrons. The number of hydrogen-bond donors (Lipinski definition) is 3. The second kappa shape index (κ2) is 65.1. The van der Waals surface area contributed by atoms with E-state index in [1.54, 1.807) is 6.08 Å². The summed E-state index contributed by atoms with van der Waals surface area (Å²) in [7, 11) is 0. The molecule has 432 valence electrons. The van der Waals surface area contributed by atoms with Gasteiger partial charge in [-0.25, -0.2) is 0 Å². The zero-order valence-corrected chi connectivity index (χ0v) is 49.9. The second-order valence-electron chi connectivity index (χ2n) is 22.5. The lowest BCUT2D eigenvalue weighted by atomic mass is 10.0. The van der Waals surface area contributed by atoms with Crippen LogP contribution < -0.4 is 5.32 Å². The summed E-state index contributed by atoms with van der Waals surface area (Å²) >= 11 is 0. The van der Waals surface area contributed by atoms with Crippen LogP contribution in [0, 0.1) is 0 Å². The molecule has 0 aliphatic carbocycles. The first-order valence-electron chi connectivity index (χ1n) is 33.2. The van der Waals surface area contributed by atoms with E-state index in [0.29, 0.717) is 6.42 Å². The van der Waals surface area contributed by atoms with E-state index in [-0.39, 0.29) is 12.5 Å². The van der Waals surface area contributed by atoms with Gasteiger partial charge in [-0.3, -0.25) is 4.79 Å². The number of allylic oxidation sites excluding steroid dienone is 11. The topological polar surface area (TPSA) is 69.6 Å². The zero-order valence-electron chi connectivity index (χ0n) is 49.9. The Hall–Kier alpha value is -2.17. The number of amides is 1. The molecule has 0 saturated carbocycles. The minimum Gasteiger partial charge on any atom is -0.394 e. The number of unbranched alkanes of at least 4 members (excludes halogenated alkanes) is 44. The molecule has 74 heavy (non-hydrogen) atoms. The van der Waals surface area contributed by atoms with E-state index >= 15 is 0 Å². The van der Waals surface area contributed by atoms with Crippen LogP contribution in [0.25, 0.3) is 0 Å². The van der Waals surface area contributed by atoms with Gasteiger partial charge >= 0.3 is 0 Å². The lowest BCUT2D eigenvalue weighted by Crippen LogP contribution is -2.45. The molecule has 4 nitrogen and oxygen atoms in total. The molecular weight excluding hydrogens is 903 g/mol. The number of nitrogens with one attached hydrogen (secondary N) is 1. The van der Waals surface area contributed by atoms with Crippen LogP contribution >= 0.6 is 0 Å². The van der Waals surface area contributed by atoms with Crippen LogP contribution in [0.15, 0.2) is 72.9 Å². The molecule has 2 atom stereocenters. The predicted molar refractivity (Wildman–Crippen MR) is 331 cm³/mol. The summed E-state index contributed by atoms with van der Waals surface area (Å²) in [5.41, 5.74) is 0. The van der Waals surface area contributed by atoms with Crippen LogP contribution in [0.4, 0.5) is 0 Å². The molecule has 0 heterocycles. The summed E-state index contributed by atoms with van der Waals surface area (Å²) < 4.78 is 0. The van der Waals surface area contributed by atoms with Gasteiger partial charge in [0.2, 0.25) is 5.91 Å². The molecule has 4 heteroatoms. The lowest BCUT2D eigenvalue weighted by molar-refractivity contribution is -0.123. The number of carbonyl (C=O) groups excluding carboxylic acids is 1. The summed E-state index contributed by atoms with van der Waals surface area (Å²) in [6, 6.07) is -0.623. The van der Waals surface area contributed by atoms with Crippen molar-refractivity contribution in [2.45, 2.75) is 360 Å². The quantitative estimate of drug-likeness (QED) is 0.0420. The Bertz CT molecular complexity index is 1260. The van der Waals surface area contributed by atoms with Gasteiger partial charge in [0.15, 0.2) is 0 Å². The largest absolute Gasteiger partial charge is 0.394 e. The molecule has 3 N–H and O–H groups in total. The standard InChI is InChI=1S/C70H129NO3/c1-3-5-7-9-11-13-15-17-19-21-23-25-27-28-29-30-31-32-33-34-35-36-37-38-39-40-41-42-44-46-48-50-52-54-56-58-60-62-64-66-70(74)71-68(67-72)69(73)65-63-61-59-57-55-53-51-49-47-45-43-26-24-22-20-18-16-14-12-10-8-6-4-2/h5,7,11,13,17,19,23,25,28-29,63,65,68-69,72-73H,3-4,6,8-10,12,14-16,18,20-22,24,26-27,30-62,64,66-67H2,1-2H3,(H,71,74)/b7-5-,13-11-,19-17-,25-23-,29-28-,65-63+. The average molecular weight is 1030 g/mol. The van der Waals surface area contributed by atoms with Gasteiger partial charge in [-0.15, -0.1) is 0 Å². The molecule has 0 bridgehead atoms. The van der Waals surface area contributed by atoms with Gasteiger partial charge in [0.1, 0.15) is 0 Å². The highest BCUT2D eigenvalue weighted by molar-refractivity contribution is 5.76. The third-order valence-electron chi connectivity index (χ3n) is 15.2. The third kappa shape index (κ3) is 60.7. The van der Waals surface area contributed by atoms with Gasteiger partial charge < -0.3 is 15.5 Å². The van der Waals surface area contributed by atoms with Crippen molar-refractivity contribution in [3.8, 4) is 0 Å². The Balaban J connectivity index is 3.43. The number of hydrogen-bond acceptors (Lipinski definition) is 3. The molecule has 2 unspecified atom stereocenters. The maximum absolute atomic E-state index is 12.5. The lowest BCUT2D eigenvalue weighted by Gasteiger charge is -2.20. The Morgan fingerprint density at radius 1 is 0.338 bits per heavy atom. The monoisotopic (exact) mass is 1030 g/mol. The van der Waals surface area contributed by atoms with Gasteiger partial charge in [-0.05, 0) is 64.2 Å². The molecule has 0 aromatic heterocycles. The van der Waals surface area contributed by atoms with Crippen molar-refractivity contribution < 1.29 is 15.0 Å². The number of carbonyl (C=O) groups is 1. The molecule has 0 fully saturated rings. The molecule has 0 aliphatic rings. The molecule has 0 rings (SSSR count). The number of rotatable bonds is 61. The Kier molecular flexibility index (Phi) is 63.2. The number of aliphatic hydroxyl groups is 2. The third-order valence-corrected chi connectivity index (χ3v) is 15.2. The van der Waals surface area contributed by atoms with Crippen molar-refractivity contribution in [1.29, 1.82) is 0 Å². The zero-order chi connectivity index (χ0) is 53.4. The van der Waals surface area contributed by atoms with Crippen LogP contribution in [-0.2, 0) is 4.79 Å². The van der Waals surface area contributed by atoms with Gasteiger partial charge in [-0.1, -0.05) is 350 Å². The molecular formula is C70H129NO3. The van der Waals surface area contributed by atoms with Crippen molar-refractivity contribution in [2.75, 3.05) is 6.61 Å². The van der Waals surface area contributed by atoms with Crippen molar-refractivity contribution >= 4 is 5.91 Å². The highest BCUT2D eigenvalue weighted by atomic mass is 16.3. The van der Waals surface area contributed by atoms with Gasteiger partial charge in [0.05, 0.1) is 18.8 Å². The van der Waals surface area contributed by atoms with Crippen LogP contribution in [0.2, 0.25) is 0 Å². The maximum Gasteiger partial charge on any atom is 0.220 e. The molecule has 0 aromatic rings. The number of aliphatic hydroxyl groups excluding tert-OH is 2. The van der Waals surface area contributed by atoms with Gasteiger partial charge in [0.25, 0.3) is 0 Å². The highest BCUT2D eigenvalue weighted by Crippen LogP contribution is 2.18. The summed E-state index contributed by atoms with van der Waals surface area (Å²) in [6.07, 6.45) is 94.0. The Morgan fingerprint density at radius 2 is 0.595 bits per heavy atom. The smallest absolute Gasteiger partial charge is 0.220 e. The fraction of sp³-hybridized carbons (Fsp3) is 0.814. The van der Waals surface area contributed by atoms with Crippen LogP contribution in [-0.4, -0.2) is 34.9 Å². The van der Waals surface area contributed by atoms with Gasteiger partial charge in [0, 0.05) is 6.42 Å². The molecule has 0 aliphatic heterocycles. The minimum atomic E-state index is -0.841. The van der Waals surface area contributed by atoms with E-state index in [1.165, 1.54) is 270 Å². The summed E-state index contributed by atoms with van der Waals surface area (Å²) in [4.78, 5) is 12.5. The average Bonchev–Trinajstić information content (AvgIpc) is 3.40. The summed E-state index contributed by atoms with van der Waals surface area (Å²) in [5, 5.41) is 23.3. The van der Waals surface area contributed by atoms with E-state index in [0.717, 1.165) is 57.8 Å². The van der Waals surface area contributed by atoms with Crippen LogP contribution in [0.1, 0.15) is 348 Å². The molecule has 0 spiro atoms. The van der Waals surface area contributed by atoms with E-state index < -0.39 is 12.1 Å². The molecule has 0 saturated heterocycles. The second-order valence-corrected chi connectivity index (χ2v) is 22.5. The van der Waals surface area contributed by atoms with Crippen LogP contribution in [0.3, 0.4) is 0 Å². The van der Waals surface area contributed by atoms with E-state index in [1.807, 2.05) is 6.08 Å². The first kappa shape index (κ1) is 71.8. The van der Waals surface area contributed by atoms with Crippen molar-refractivity contribution in [2.24, 2.45) is 0 Å². The summed E-state index contributed by atoms with van der Waals surface area (Å²) in [5.74, 6) is -0.0580. The van der Waals surface area contributed by atoms with Crippen molar-refractivity contribution in [3.05, 3.63) is 72.9 Å². The predicted octanol–water partition coefficient (Wildman–Crippen LogP) is 22.5. The first-order valence-corrected chi connectivity index (χ1v) is 33.2. The minimum absolute atomic E-state index is 0.0580. The van der Waals surface area contributed by atoms with E-state index in [9.17, 15) is 15.0 Å². The summed E-state index contributed by atoms with van der Waals surface area (Å²) in [6.45, 7) is 4.23. The van der Waals surface area contributed by atoms with Crippen LogP contribution in [0.5, 0.6) is 0 Å².